The van der Waals surface area contributed by atoms with Crippen LogP contribution in [0.1, 0.15) is 26.2 Å². The number of piperidine rings is 1. The molecule has 0 radical (unpaired) electrons. The van der Waals surface area contributed by atoms with Crippen LogP contribution < -0.4 is 0 Å². The molecule has 0 aromatic heterocycles. The molecule has 0 bridgehead atoms. The minimum atomic E-state index is 0.185. The van der Waals surface area contributed by atoms with Gasteiger partial charge in [0.2, 0.25) is 0 Å². The Bertz CT molecular complexity index is 272. The lowest BCUT2D eigenvalue weighted by atomic mass is 9.62. The minimum absolute atomic E-state index is 0.185. The summed E-state index contributed by atoms with van der Waals surface area (Å²) in [5.74, 6) is 0.886. The zero-order valence-corrected chi connectivity index (χ0v) is 10.4. The summed E-state index contributed by atoms with van der Waals surface area (Å²) in [5.41, 5.74) is 0.185. The van der Waals surface area contributed by atoms with E-state index in [1.54, 1.807) is 0 Å². The normalized spacial score (nSPS) is 28.1. The predicted molar refractivity (Wildman–Crippen MR) is 62.9 cm³/mol. The quantitative estimate of drug-likeness (QED) is 0.731. The molecule has 0 spiro atoms. The van der Waals surface area contributed by atoms with Gasteiger partial charge in [-0.15, -0.1) is 0 Å². The summed E-state index contributed by atoms with van der Waals surface area (Å²) in [5, 5.41) is 9.29. The maximum absolute atomic E-state index is 9.29. The number of nitrogens with zero attached hydrogens (tertiary/aromatic N) is 2. The Kier molecular flexibility index (Phi) is 3.51. The number of hydrogen-bond acceptors (Lipinski definition) is 3. The van der Waals surface area contributed by atoms with Crippen molar-refractivity contribution in [2.24, 2.45) is 17.3 Å². The van der Waals surface area contributed by atoms with E-state index in [4.69, 9.17) is 4.74 Å². The molecule has 0 aromatic rings. The molecule has 0 amide bonds. The Hall–Kier alpha value is -0.590. The van der Waals surface area contributed by atoms with E-state index in [0.717, 1.165) is 19.6 Å². The highest BCUT2D eigenvalue weighted by molar-refractivity contribution is 5.05. The fraction of sp³-hybridized carbons (Fsp3) is 0.923. The molecule has 0 saturated carbocycles. The van der Waals surface area contributed by atoms with Gasteiger partial charge >= 0.3 is 0 Å². The third-order valence-corrected chi connectivity index (χ3v) is 4.53. The highest BCUT2D eigenvalue weighted by Crippen LogP contribution is 2.48. The standard InChI is InChI=1S/C13H22N2O/c1-3-11(8-14)13(9-16-10-13)12-4-6-15(2)7-5-12/h11-12H,3-7,9-10H2,1-2H3. The average Bonchev–Trinajstić information content (AvgIpc) is 2.25. The van der Waals surface area contributed by atoms with Crippen molar-refractivity contribution in [2.45, 2.75) is 26.2 Å². The first-order chi connectivity index (χ1) is 7.73. The van der Waals surface area contributed by atoms with Crippen LogP contribution in [0.3, 0.4) is 0 Å². The second kappa shape index (κ2) is 4.73. The van der Waals surface area contributed by atoms with Crippen molar-refractivity contribution in [3.63, 3.8) is 0 Å². The maximum Gasteiger partial charge on any atom is 0.0663 e. The molecule has 1 atom stereocenters. The molecule has 0 aliphatic carbocycles. The van der Waals surface area contributed by atoms with E-state index >= 15 is 0 Å². The fourth-order valence-corrected chi connectivity index (χ4v) is 3.27. The fourth-order valence-electron chi connectivity index (χ4n) is 3.27. The van der Waals surface area contributed by atoms with Gasteiger partial charge in [0.25, 0.3) is 0 Å². The Morgan fingerprint density at radius 1 is 1.44 bits per heavy atom. The molecular weight excluding hydrogens is 200 g/mol. The van der Waals surface area contributed by atoms with E-state index in [1.807, 2.05) is 0 Å². The van der Waals surface area contributed by atoms with Crippen LogP contribution in [0, 0.1) is 28.6 Å². The summed E-state index contributed by atoms with van der Waals surface area (Å²) < 4.78 is 5.44. The molecule has 0 N–H and O–H groups in total. The van der Waals surface area contributed by atoms with Crippen molar-refractivity contribution < 1.29 is 4.74 Å². The molecule has 3 heteroatoms. The zero-order valence-electron chi connectivity index (χ0n) is 10.4. The molecule has 0 aromatic carbocycles. The SMILES string of the molecule is CCC(C#N)C1(C2CCN(C)CC2)COC1. The van der Waals surface area contributed by atoms with Crippen LogP contribution in [0.15, 0.2) is 0 Å². The predicted octanol–water partition coefficient (Wildman–Crippen LogP) is 1.89. The van der Waals surface area contributed by atoms with Crippen LogP contribution in [0.4, 0.5) is 0 Å². The number of ether oxygens (including phenoxy) is 1. The molecule has 3 nitrogen and oxygen atoms in total. The van der Waals surface area contributed by atoms with Gasteiger partial charge in [0, 0.05) is 5.41 Å². The molecular formula is C13H22N2O. The highest BCUT2D eigenvalue weighted by Gasteiger charge is 2.51. The Morgan fingerprint density at radius 2 is 2.06 bits per heavy atom. The van der Waals surface area contributed by atoms with Crippen LogP contribution in [0.5, 0.6) is 0 Å². The minimum Gasteiger partial charge on any atom is -0.380 e. The average molecular weight is 222 g/mol. The van der Waals surface area contributed by atoms with Crippen LogP contribution in [0.25, 0.3) is 0 Å². The number of nitriles is 1. The number of likely N-dealkylation sites (tertiary alicyclic amines) is 1. The lowest BCUT2D eigenvalue weighted by Gasteiger charge is -2.52. The lowest BCUT2D eigenvalue weighted by molar-refractivity contribution is -0.176. The summed E-state index contributed by atoms with van der Waals surface area (Å²) in [6, 6.07) is 2.51. The molecule has 2 rings (SSSR count). The smallest absolute Gasteiger partial charge is 0.0663 e. The van der Waals surface area contributed by atoms with E-state index in [2.05, 4.69) is 24.9 Å². The molecule has 90 valence electrons. The Labute approximate surface area is 98.4 Å². The molecule has 2 aliphatic rings. The van der Waals surface area contributed by atoms with Gasteiger partial charge in [-0.2, -0.15) is 5.26 Å². The van der Waals surface area contributed by atoms with E-state index in [-0.39, 0.29) is 11.3 Å². The third kappa shape index (κ3) is 1.85. The van der Waals surface area contributed by atoms with Crippen molar-refractivity contribution in [2.75, 3.05) is 33.4 Å². The van der Waals surface area contributed by atoms with Gasteiger partial charge in [-0.25, -0.2) is 0 Å². The molecule has 2 saturated heterocycles. The second-order valence-electron chi connectivity index (χ2n) is 5.39. The van der Waals surface area contributed by atoms with Crippen molar-refractivity contribution in [1.29, 1.82) is 5.26 Å². The van der Waals surface area contributed by atoms with Crippen molar-refractivity contribution in [3.05, 3.63) is 0 Å². The van der Waals surface area contributed by atoms with Gasteiger partial charge in [-0.05, 0) is 45.3 Å². The van der Waals surface area contributed by atoms with Gasteiger partial charge < -0.3 is 9.64 Å². The zero-order chi connectivity index (χ0) is 11.6. The van der Waals surface area contributed by atoms with Gasteiger partial charge in [-0.3, -0.25) is 0 Å². The lowest BCUT2D eigenvalue weighted by Crippen LogP contribution is -2.55. The first-order valence-corrected chi connectivity index (χ1v) is 6.39. The first kappa shape index (κ1) is 11.9. The molecule has 1 unspecified atom stereocenters. The van der Waals surface area contributed by atoms with Crippen molar-refractivity contribution in [3.8, 4) is 6.07 Å². The Morgan fingerprint density at radius 3 is 2.44 bits per heavy atom. The molecule has 2 aliphatic heterocycles. The molecule has 2 heterocycles. The molecule has 2 fully saturated rings. The topological polar surface area (TPSA) is 36.3 Å². The van der Waals surface area contributed by atoms with Crippen LogP contribution in [-0.2, 0) is 4.74 Å². The van der Waals surface area contributed by atoms with Gasteiger partial charge in [-0.1, -0.05) is 6.92 Å². The van der Waals surface area contributed by atoms with Crippen LogP contribution in [0.2, 0.25) is 0 Å². The van der Waals surface area contributed by atoms with E-state index in [0.29, 0.717) is 5.92 Å². The first-order valence-electron chi connectivity index (χ1n) is 6.39. The van der Waals surface area contributed by atoms with Crippen molar-refractivity contribution in [1.82, 2.24) is 4.90 Å². The summed E-state index contributed by atoms with van der Waals surface area (Å²) >= 11 is 0. The second-order valence-corrected chi connectivity index (χ2v) is 5.39. The monoisotopic (exact) mass is 222 g/mol. The van der Waals surface area contributed by atoms with Crippen LogP contribution in [-0.4, -0.2) is 38.3 Å². The van der Waals surface area contributed by atoms with E-state index in [1.165, 1.54) is 25.9 Å². The number of hydrogen-bond donors (Lipinski definition) is 0. The largest absolute Gasteiger partial charge is 0.380 e. The van der Waals surface area contributed by atoms with E-state index < -0.39 is 0 Å². The number of rotatable bonds is 3. The third-order valence-electron chi connectivity index (χ3n) is 4.53. The molecule has 16 heavy (non-hydrogen) atoms. The summed E-state index contributed by atoms with van der Waals surface area (Å²) in [7, 11) is 2.18. The summed E-state index contributed by atoms with van der Waals surface area (Å²) in [6.45, 7) is 6.10. The van der Waals surface area contributed by atoms with Gasteiger partial charge in [0.1, 0.15) is 0 Å². The van der Waals surface area contributed by atoms with Gasteiger partial charge in [0.15, 0.2) is 0 Å². The highest BCUT2D eigenvalue weighted by atomic mass is 16.5. The summed E-state index contributed by atoms with van der Waals surface area (Å²) in [4.78, 5) is 2.39. The van der Waals surface area contributed by atoms with Gasteiger partial charge in [0.05, 0.1) is 25.2 Å². The Balaban J connectivity index is 2.07. The maximum atomic E-state index is 9.29. The van der Waals surface area contributed by atoms with Crippen molar-refractivity contribution >= 4 is 0 Å². The van der Waals surface area contributed by atoms with E-state index in [9.17, 15) is 5.26 Å². The summed E-state index contributed by atoms with van der Waals surface area (Å²) in [6.07, 6.45) is 3.43. The van der Waals surface area contributed by atoms with Crippen LogP contribution >= 0.6 is 0 Å².